The van der Waals surface area contributed by atoms with E-state index < -0.39 is 10.0 Å². The maximum Gasteiger partial charge on any atom is 0.308 e. The molecule has 29 heavy (non-hydrogen) atoms. The molecule has 4 rings (SSSR count). The Morgan fingerprint density at radius 3 is 2.41 bits per heavy atom. The van der Waals surface area contributed by atoms with E-state index in [4.69, 9.17) is 23.2 Å². The average Bonchev–Trinajstić information content (AvgIpc) is 3.00. The van der Waals surface area contributed by atoms with E-state index in [0.717, 1.165) is 16.9 Å². The summed E-state index contributed by atoms with van der Waals surface area (Å²) in [7, 11) is -3.85. The van der Waals surface area contributed by atoms with Gasteiger partial charge in [-0.3, -0.25) is 14.1 Å². The monoisotopic (exact) mass is 464 g/mol. The van der Waals surface area contributed by atoms with Crippen LogP contribution in [0.4, 0.5) is 5.69 Å². The molecular formula is C20H14Cl2N2O3S2. The van der Waals surface area contributed by atoms with E-state index in [0.29, 0.717) is 27.5 Å². The number of aromatic nitrogens is 1. The van der Waals surface area contributed by atoms with E-state index in [9.17, 15) is 13.2 Å². The van der Waals surface area contributed by atoms with Gasteiger partial charge in [0.25, 0.3) is 10.0 Å². The van der Waals surface area contributed by atoms with Crippen LogP contribution in [0.2, 0.25) is 10.0 Å². The first-order chi connectivity index (χ1) is 13.8. The minimum Gasteiger partial charge on any atom is -0.294 e. The third-order valence-electron chi connectivity index (χ3n) is 4.31. The van der Waals surface area contributed by atoms with Gasteiger partial charge in [-0.05, 0) is 42.0 Å². The number of halogens is 2. The molecule has 9 heteroatoms. The summed E-state index contributed by atoms with van der Waals surface area (Å²) in [4.78, 5) is 12.4. The number of nitrogens with one attached hydrogen (secondary N) is 1. The second-order valence-corrected chi connectivity index (χ2v) is 9.79. The van der Waals surface area contributed by atoms with Gasteiger partial charge in [-0.2, -0.15) is 0 Å². The van der Waals surface area contributed by atoms with Crippen LogP contribution in [0, 0.1) is 0 Å². The zero-order valence-electron chi connectivity index (χ0n) is 14.8. The molecule has 148 valence electrons. The summed E-state index contributed by atoms with van der Waals surface area (Å²) in [6, 6.07) is 18.7. The third-order valence-corrected chi connectivity index (χ3v) is 7.37. The summed E-state index contributed by atoms with van der Waals surface area (Å²) >= 11 is 12.8. The highest BCUT2D eigenvalue weighted by atomic mass is 35.5. The van der Waals surface area contributed by atoms with Crippen LogP contribution in [-0.2, 0) is 16.6 Å². The first kappa shape index (κ1) is 20.0. The van der Waals surface area contributed by atoms with E-state index in [1.165, 1.54) is 30.3 Å². The minimum atomic E-state index is -3.85. The second-order valence-electron chi connectivity index (χ2n) is 6.30. The molecule has 0 atom stereocenters. The summed E-state index contributed by atoms with van der Waals surface area (Å²) in [6.45, 7) is 0.424. The van der Waals surface area contributed by atoms with Gasteiger partial charge in [-0.15, -0.1) is 0 Å². The number of thiazole rings is 1. The van der Waals surface area contributed by atoms with Crippen LogP contribution in [0.5, 0.6) is 0 Å². The molecular weight excluding hydrogens is 451 g/mol. The topological polar surface area (TPSA) is 68.2 Å². The van der Waals surface area contributed by atoms with Crippen LogP contribution in [0.15, 0.2) is 76.4 Å². The lowest BCUT2D eigenvalue weighted by atomic mass is 10.2. The van der Waals surface area contributed by atoms with Gasteiger partial charge < -0.3 is 0 Å². The summed E-state index contributed by atoms with van der Waals surface area (Å²) in [5.41, 5.74) is 1.99. The van der Waals surface area contributed by atoms with Gasteiger partial charge in [-0.1, -0.05) is 64.9 Å². The molecule has 4 aromatic rings. The number of hydrogen-bond acceptors (Lipinski definition) is 4. The molecule has 0 aliphatic carbocycles. The van der Waals surface area contributed by atoms with Gasteiger partial charge in [0.05, 0.1) is 37.4 Å². The summed E-state index contributed by atoms with van der Waals surface area (Å²) < 4.78 is 30.2. The standard InChI is InChI=1S/C20H14Cl2N2O3S2/c21-16-8-6-14(10-17(16)22)23-29(26,27)15-7-9-18-19(11-15)28-20(25)24(18)12-13-4-2-1-3-5-13/h1-11,23H,12H2. The molecule has 1 aromatic heterocycles. The van der Waals surface area contributed by atoms with E-state index in [-0.39, 0.29) is 14.8 Å². The van der Waals surface area contributed by atoms with Crippen LogP contribution in [0.1, 0.15) is 5.56 Å². The number of rotatable bonds is 5. The zero-order valence-corrected chi connectivity index (χ0v) is 17.9. The van der Waals surface area contributed by atoms with Crippen molar-refractivity contribution in [3.63, 3.8) is 0 Å². The second kappa shape index (κ2) is 7.84. The number of sulfonamides is 1. The number of anilines is 1. The van der Waals surface area contributed by atoms with Crippen molar-refractivity contribution in [1.82, 2.24) is 4.57 Å². The highest BCUT2D eigenvalue weighted by Gasteiger charge is 2.17. The number of fused-ring (bicyclic) bond motifs is 1. The molecule has 0 bridgehead atoms. The summed E-state index contributed by atoms with van der Waals surface area (Å²) in [5.74, 6) is 0. The minimum absolute atomic E-state index is 0.0594. The van der Waals surface area contributed by atoms with Crippen LogP contribution in [-0.4, -0.2) is 13.0 Å². The summed E-state index contributed by atoms with van der Waals surface area (Å²) in [5, 5.41) is 0.582. The van der Waals surface area contributed by atoms with Crippen LogP contribution >= 0.6 is 34.5 Å². The van der Waals surface area contributed by atoms with Crippen LogP contribution in [0.25, 0.3) is 10.2 Å². The predicted octanol–water partition coefficient (Wildman–Crippen LogP) is 5.22. The van der Waals surface area contributed by atoms with E-state index in [2.05, 4.69) is 4.72 Å². The van der Waals surface area contributed by atoms with Crippen molar-refractivity contribution in [2.24, 2.45) is 0 Å². The third kappa shape index (κ3) is 4.18. The lowest BCUT2D eigenvalue weighted by Crippen LogP contribution is -2.14. The molecule has 0 radical (unpaired) electrons. The first-order valence-corrected chi connectivity index (χ1v) is 11.5. The Bertz CT molecular complexity index is 1360. The van der Waals surface area contributed by atoms with Crippen molar-refractivity contribution in [3.8, 4) is 0 Å². The normalized spacial score (nSPS) is 11.7. The molecule has 5 nitrogen and oxygen atoms in total. The van der Waals surface area contributed by atoms with Crippen molar-refractivity contribution in [1.29, 1.82) is 0 Å². The van der Waals surface area contributed by atoms with Crippen molar-refractivity contribution in [2.75, 3.05) is 4.72 Å². The van der Waals surface area contributed by atoms with E-state index in [1.807, 2.05) is 30.3 Å². The first-order valence-electron chi connectivity index (χ1n) is 8.49. The Labute approximate surface area is 181 Å². The maximum atomic E-state index is 12.8. The Hall–Kier alpha value is -2.32. The Morgan fingerprint density at radius 1 is 0.931 bits per heavy atom. The Balaban J connectivity index is 1.68. The van der Waals surface area contributed by atoms with Gasteiger partial charge in [0.15, 0.2) is 0 Å². The number of hydrogen-bond donors (Lipinski definition) is 1. The van der Waals surface area contributed by atoms with Crippen LogP contribution < -0.4 is 9.60 Å². The van der Waals surface area contributed by atoms with Gasteiger partial charge in [-0.25, -0.2) is 8.42 Å². The molecule has 0 saturated heterocycles. The van der Waals surface area contributed by atoms with Crippen molar-refractivity contribution in [2.45, 2.75) is 11.4 Å². The lowest BCUT2D eigenvalue weighted by molar-refractivity contribution is 0.601. The average molecular weight is 465 g/mol. The Morgan fingerprint density at radius 2 is 1.69 bits per heavy atom. The molecule has 0 spiro atoms. The highest BCUT2D eigenvalue weighted by Crippen LogP contribution is 2.28. The van der Waals surface area contributed by atoms with E-state index >= 15 is 0 Å². The molecule has 0 saturated carbocycles. The fourth-order valence-electron chi connectivity index (χ4n) is 2.90. The largest absolute Gasteiger partial charge is 0.308 e. The fourth-order valence-corrected chi connectivity index (χ4v) is 5.28. The smallest absolute Gasteiger partial charge is 0.294 e. The van der Waals surface area contributed by atoms with Crippen molar-refractivity contribution < 1.29 is 8.42 Å². The van der Waals surface area contributed by atoms with Gasteiger partial charge in [0.2, 0.25) is 0 Å². The molecule has 1 heterocycles. The molecule has 3 aromatic carbocycles. The van der Waals surface area contributed by atoms with Gasteiger partial charge in [0, 0.05) is 0 Å². The number of nitrogens with zero attached hydrogens (tertiary/aromatic N) is 1. The molecule has 1 N–H and O–H groups in total. The van der Waals surface area contributed by atoms with Crippen molar-refractivity contribution in [3.05, 3.63) is 92.0 Å². The molecule has 0 fully saturated rings. The lowest BCUT2D eigenvalue weighted by Gasteiger charge is -2.09. The summed E-state index contributed by atoms with van der Waals surface area (Å²) in [6.07, 6.45) is 0. The van der Waals surface area contributed by atoms with Crippen molar-refractivity contribution >= 4 is 60.5 Å². The molecule has 0 amide bonds. The zero-order chi connectivity index (χ0) is 20.6. The highest BCUT2D eigenvalue weighted by molar-refractivity contribution is 7.92. The Kier molecular flexibility index (Phi) is 5.40. The molecule has 0 unspecified atom stereocenters. The van der Waals surface area contributed by atoms with Crippen LogP contribution in [0.3, 0.4) is 0 Å². The SMILES string of the molecule is O=c1sc2cc(S(=O)(=O)Nc3ccc(Cl)c(Cl)c3)ccc2n1Cc1ccccc1. The van der Waals surface area contributed by atoms with Gasteiger partial charge >= 0.3 is 4.87 Å². The van der Waals surface area contributed by atoms with Gasteiger partial charge in [0.1, 0.15) is 0 Å². The quantitative estimate of drug-likeness (QED) is 0.440. The molecule has 0 aliphatic rings. The predicted molar refractivity (Wildman–Crippen MR) is 119 cm³/mol. The van der Waals surface area contributed by atoms with E-state index in [1.54, 1.807) is 10.6 Å². The maximum absolute atomic E-state index is 12.8. The molecule has 0 aliphatic heterocycles. The fraction of sp³-hybridized carbons (Fsp3) is 0.0500. The number of benzene rings is 3.